The Kier molecular flexibility index (Phi) is 17.5. The van der Waals surface area contributed by atoms with Gasteiger partial charge in [0, 0.05) is 0 Å². The summed E-state index contributed by atoms with van der Waals surface area (Å²) in [6, 6.07) is 60.0. The fraction of sp³-hybridized carbons (Fsp3) is 0.345. The van der Waals surface area contributed by atoms with Gasteiger partial charge in [0.25, 0.3) is 0 Å². The van der Waals surface area contributed by atoms with Gasteiger partial charge >= 0.3 is 0 Å². The third kappa shape index (κ3) is 13.3. The van der Waals surface area contributed by atoms with Gasteiger partial charge in [-0.05, 0) is 40.3 Å². The molecule has 10 heteroatoms. The Labute approximate surface area is 382 Å². The SMILES string of the molecule is C[C@@H]1OC(CO)[C@H](OCc2ccccc2)[C@H](O[C@H]2OC(COCc3ccccc3)[C@H](OCc3ccccc3)C(OCc3ccccc3)C2OCc2ccccc2)C1OCc1ccccc1. The van der Waals surface area contributed by atoms with Crippen molar-refractivity contribution >= 4 is 0 Å². The lowest BCUT2D eigenvalue weighted by Gasteiger charge is -2.50. The standard InChI is InChI=1S/C55H60O10/c1-40-49(58-34-42-22-10-3-11-23-42)53(50(47(32-56)63-40)59-35-43-24-12-4-13-25-43)65-55-54(62-38-46-30-18-7-19-31-46)52(61-37-45-28-16-6-17-29-45)51(60-36-44-26-14-5-15-27-44)48(64-55)39-57-33-41-20-8-2-9-21-41/h2-31,40,47-56H,32-39H2,1H3/t40-,47?,48?,49?,50-,51-,52?,53+,54?,55+/m0/s1. The number of aliphatic hydroxyl groups is 1. The van der Waals surface area contributed by atoms with E-state index in [0.717, 1.165) is 33.4 Å². The van der Waals surface area contributed by atoms with Crippen molar-refractivity contribution in [1.82, 2.24) is 0 Å². The number of rotatable bonds is 22. The van der Waals surface area contributed by atoms with E-state index >= 15 is 0 Å². The van der Waals surface area contributed by atoms with Crippen LogP contribution in [0.3, 0.4) is 0 Å². The number of aliphatic hydroxyl groups excluding tert-OH is 1. The quantitative estimate of drug-likeness (QED) is 0.0711. The monoisotopic (exact) mass is 880 g/mol. The van der Waals surface area contributed by atoms with Gasteiger partial charge in [-0.25, -0.2) is 0 Å². The third-order valence-electron chi connectivity index (χ3n) is 11.7. The molecule has 0 saturated carbocycles. The summed E-state index contributed by atoms with van der Waals surface area (Å²) in [7, 11) is 0. The van der Waals surface area contributed by atoms with Gasteiger partial charge in [-0.1, -0.05) is 182 Å². The largest absolute Gasteiger partial charge is 0.394 e. The highest BCUT2D eigenvalue weighted by molar-refractivity contribution is 5.18. The van der Waals surface area contributed by atoms with Crippen molar-refractivity contribution in [3.05, 3.63) is 215 Å². The van der Waals surface area contributed by atoms with E-state index in [0.29, 0.717) is 19.8 Å². The molecule has 6 aromatic carbocycles. The van der Waals surface area contributed by atoms with Crippen LogP contribution in [0.15, 0.2) is 182 Å². The Morgan fingerprint density at radius 2 is 0.708 bits per heavy atom. The van der Waals surface area contributed by atoms with Crippen molar-refractivity contribution in [1.29, 1.82) is 0 Å². The maximum Gasteiger partial charge on any atom is 0.187 e. The number of hydrogen-bond donors (Lipinski definition) is 1. The van der Waals surface area contributed by atoms with Crippen LogP contribution in [0.1, 0.15) is 40.3 Å². The summed E-state index contributed by atoms with van der Waals surface area (Å²) >= 11 is 0. The topological polar surface area (TPSA) is 103 Å². The Bertz CT molecular complexity index is 2200. The Morgan fingerprint density at radius 3 is 1.11 bits per heavy atom. The minimum absolute atomic E-state index is 0.163. The molecule has 0 amide bonds. The molecule has 0 spiro atoms. The Hall–Kier alpha value is -5.08. The fourth-order valence-corrected chi connectivity index (χ4v) is 8.38. The molecule has 65 heavy (non-hydrogen) atoms. The van der Waals surface area contributed by atoms with Gasteiger partial charge in [0.15, 0.2) is 6.29 Å². The first-order valence-electron chi connectivity index (χ1n) is 22.6. The predicted octanol–water partition coefficient (Wildman–Crippen LogP) is 9.02. The summed E-state index contributed by atoms with van der Waals surface area (Å²) in [6.45, 7) is 3.52. The van der Waals surface area contributed by atoms with Crippen LogP contribution < -0.4 is 0 Å². The first-order chi connectivity index (χ1) is 32.1. The Balaban J connectivity index is 1.17. The zero-order valence-corrected chi connectivity index (χ0v) is 36.9. The highest BCUT2D eigenvalue weighted by Gasteiger charge is 2.53. The first-order valence-corrected chi connectivity index (χ1v) is 22.6. The van der Waals surface area contributed by atoms with Gasteiger partial charge in [-0.15, -0.1) is 0 Å². The molecule has 2 aliphatic rings. The Morgan fingerprint density at radius 1 is 0.369 bits per heavy atom. The van der Waals surface area contributed by atoms with Crippen molar-refractivity contribution in [2.45, 2.75) is 108 Å². The molecule has 340 valence electrons. The van der Waals surface area contributed by atoms with Crippen LogP contribution in [-0.4, -0.2) is 79.5 Å². The average molecular weight is 881 g/mol. The fourth-order valence-electron chi connectivity index (χ4n) is 8.38. The van der Waals surface area contributed by atoms with Crippen molar-refractivity contribution in [3.8, 4) is 0 Å². The number of benzene rings is 6. The minimum Gasteiger partial charge on any atom is -0.394 e. The molecule has 0 aliphatic carbocycles. The normalized spacial score (nSPS) is 25.6. The minimum atomic E-state index is -1.05. The third-order valence-corrected chi connectivity index (χ3v) is 11.7. The molecule has 0 radical (unpaired) electrons. The molecule has 0 bridgehead atoms. The van der Waals surface area contributed by atoms with Crippen molar-refractivity contribution in [2.75, 3.05) is 13.2 Å². The second-order valence-corrected chi connectivity index (χ2v) is 16.5. The van der Waals surface area contributed by atoms with Crippen LogP contribution in [0.25, 0.3) is 0 Å². The van der Waals surface area contributed by atoms with E-state index in [9.17, 15) is 5.11 Å². The lowest BCUT2D eigenvalue weighted by Crippen LogP contribution is -2.66. The first kappa shape index (κ1) is 46.4. The van der Waals surface area contributed by atoms with Crippen LogP contribution in [0, 0.1) is 0 Å². The van der Waals surface area contributed by atoms with E-state index in [1.807, 2.05) is 189 Å². The maximum absolute atomic E-state index is 10.9. The van der Waals surface area contributed by atoms with Crippen molar-refractivity contribution < 1.29 is 47.7 Å². The molecular weight excluding hydrogens is 821 g/mol. The summed E-state index contributed by atoms with van der Waals surface area (Å²) in [5, 5.41) is 10.9. The van der Waals surface area contributed by atoms with Gasteiger partial charge in [0.1, 0.15) is 48.8 Å². The summed E-state index contributed by atoms with van der Waals surface area (Å²) in [5.41, 5.74) is 5.94. The molecule has 8 rings (SSSR count). The van der Waals surface area contributed by atoms with Crippen molar-refractivity contribution in [3.63, 3.8) is 0 Å². The van der Waals surface area contributed by atoms with E-state index in [-0.39, 0.29) is 33.0 Å². The summed E-state index contributed by atoms with van der Waals surface area (Å²) < 4.78 is 61.9. The molecule has 10 nitrogen and oxygen atoms in total. The zero-order valence-electron chi connectivity index (χ0n) is 36.9. The van der Waals surface area contributed by atoms with E-state index < -0.39 is 61.2 Å². The van der Waals surface area contributed by atoms with Gasteiger partial charge < -0.3 is 47.7 Å². The zero-order chi connectivity index (χ0) is 44.5. The van der Waals surface area contributed by atoms with E-state index in [1.54, 1.807) is 0 Å². The van der Waals surface area contributed by atoms with Crippen LogP contribution in [0.2, 0.25) is 0 Å². The predicted molar refractivity (Wildman–Crippen MR) is 246 cm³/mol. The second-order valence-electron chi connectivity index (χ2n) is 16.5. The lowest BCUT2D eigenvalue weighted by atomic mass is 9.93. The molecule has 6 aromatic rings. The average Bonchev–Trinajstić information content (AvgIpc) is 3.36. The molecule has 2 saturated heterocycles. The van der Waals surface area contributed by atoms with Crippen molar-refractivity contribution in [2.24, 2.45) is 0 Å². The second kappa shape index (κ2) is 24.4. The number of hydrogen-bond acceptors (Lipinski definition) is 10. The van der Waals surface area contributed by atoms with Gasteiger partial charge in [-0.2, -0.15) is 0 Å². The summed E-state index contributed by atoms with van der Waals surface area (Å²) in [4.78, 5) is 0. The van der Waals surface area contributed by atoms with Crippen LogP contribution in [0.4, 0.5) is 0 Å². The van der Waals surface area contributed by atoms with Crippen LogP contribution in [0.5, 0.6) is 0 Å². The summed E-state index contributed by atoms with van der Waals surface area (Å²) in [5.74, 6) is 0. The van der Waals surface area contributed by atoms with Crippen LogP contribution in [-0.2, 0) is 82.3 Å². The maximum atomic E-state index is 10.9. The molecule has 2 fully saturated rings. The molecular formula is C55H60O10. The highest BCUT2D eigenvalue weighted by atomic mass is 16.7. The van der Waals surface area contributed by atoms with Gasteiger partial charge in [-0.3, -0.25) is 0 Å². The molecule has 1 N–H and O–H groups in total. The van der Waals surface area contributed by atoms with E-state index in [4.69, 9.17) is 42.6 Å². The van der Waals surface area contributed by atoms with Gasteiger partial charge in [0.05, 0.1) is 59.0 Å². The van der Waals surface area contributed by atoms with E-state index in [2.05, 4.69) is 0 Å². The molecule has 0 aromatic heterocycles. The molecule has 5 unspecified atom stereocenters. The van der Waals surface area contributed by atoms with E-state index in [1.165, 1.54) is 0 Å². The van der Waals surface area contributed by atoms with Gasteiger partial charge in [0.2, 0.25) is 0 Å². The van der Waals surface area contributed by atoms with Crippen LogP contribution >= 0.6 is 0 Å². The highest BCUT2D eigenvalue weighted by Crippen LogP contribution is 2.36. The molecule has 2 heterocycles. The smallest absolute Gasteiger partial charge is 0.187 e. The lowest BCUT2D eigenvalue weighted by molar-refractivity contribution is -0.362. The molecule has 2 aliphatic heterocycles. The number of ether oxygens (including phenoxy) is 9. The summed E-state index contributed by atoms with van der Waals surface area (Å²) in [6.07, 6.45) is -7.42. The molecule has 10 atom stereocenters.